The molecule has 1 N–H and O–H groups in total. The van der Waals surface area contributed by atoms with Crippen LogP contribution in [0.1, 0.15) is 35.9 Å². The van der Waals surface area contributed by atoms with E-state index in [9.17, 15) is 9.59 Å². The molecule has 0 spiro atoms. The van der Waals surface area contributed by atoms with Gasteiger partial charge < -0.3 is 4.74 Å². The molecule has 1 aromatic heterocycles. The predicted octanol–water partition coefficient (Wildman–Crippen LogP) is 3.86. The summed E-state index contributed by atoms with van der Waals surface area (Å²) in [6, 6.07) is 11.9. The Morgan fingerprint density at radius 1 is 1.11 bits per heavy atom. The highest BCUT2D eigenvalue weighted by Crippen LogP contribution is 2.24. The molecule has 6 heteroatoms. The maximum Gasteiger partial charge on any atom is 0.286 e. The molecule has 0 saturated carbocycles. The van der Waals surface area contributed by atoms with E-state index < -0.39 is 0 Å². The van der Waals surface area contributed by atoms with E-state index in [-0.39, 0.29) is 16.4 Å². The lowest BCUT2D eigenvalue weighted by molar-refractivity contribution is -0.118. The molecule has 1 fully saturated rings. The number of amides is 2. The molecule has 2 heterocycles. The molecule has 1 saturated heterocycles. The molecule has 0 radical (unpaired) electrons. The Morgan fingerprint density at radius 3 is 2.52 bits per heavy atom. The summed E-state index contributed by atoms with van der Waals surface area (Å²) in [4.78, 5) is 27.5. The van der Waals surface area contributed by atoms with Crippen molar-refractivity contribution in [1.29, 1.82) is 0 Å². The summed E-state index contributed by atoms with van der Waals surface area (Å²) in [5, 5.41) is 1.71. The number of nitrogens with zero attached hydrogens (tertiary/aromatic N) is 1. The van der Waals surface area contributed by atoms with Gasteiger partial charge in [-0.15, -0.1) is 0 Å². The van der Waals surface area contributed by atoms with E-state index in [1.807, 2.05) is 24.3 Å². The average Bonchev–Trinajstić information content (AvgIpc) is 2.96. The van der Waals surface area contributed by atoms with Gasteiger partial charge in [0.25, 0.3) is 5.24 Å². The maximum absolute atomic E-state index is 11.6. The van der Waals surface area contributed by atoms with Crippen LogP contribution >= 0.6 is 11.8 Å². The third kappa shape index (κ3) is 5.32. The molecule has 0 bridgehead atoms. The smallest absolute Gasteiger partial charge is 0.286 e. The second-order valence-electron chi connectivity index (χ2n) is 6.63. The molecule has 1 aromatic carbocycles. The normalized spacial score (nSPS) is 16.4. The van der Waals surface area contributed by atoms with E-state index in [2.05, 4.69) is 36.3 Å². The standard InChI is InChI=1S/C21H24N2O3S/c1-3-4-16-7-8-17(22-14(16)2)11-12-26-18-9-5-15(6-10-18)13-19-20(24)23-21(25)27-19/h5-10,19H,3-4,11-13H2,1-2H3,(H,23,24,25). The highest BCUT2D eigenvalue weighted by atomic mass is 32.2. The van der Waals surface area contributed by atoms with Crippen LogP contribution in [0.25, 0.3) is 0 Å². The Bertz CT molecular complexity index is 821. The summed E-state index contributed by atoms with van der Waals surface area (Å²) in [7, 11) is 0. The average molecular weight is 385 g/mol. The maximum atomic E-state index is 11.6. The van der Waals surface area contributed by atoms with E-state index in [1.54, 1.807) is 0 Å². The number of pyridine rings is 1. The lowest BCUT2D eigenvalue weighted by Gasteiger charge is -2.10. The number of imide groups is 1. The quantitative estimate of drug-likeness (QED) is 0.748. The van der Waals surface area contributed by atoms with Crippen molar-refractivity contribution in [2.24, 2.45) is 0 Å². The number of carbonyl (C=O) groups is 2. The zero-order valence-electron chi connectivity index (χ0n) is 15.7. The number of hydrogen-bond donors (Lipinski definition) is 1. The Morgan fingerprint density at radius 2 is 1.89 bits per heavy atom. The molecular formula is C21H24N2O3S. The molecule has 27 heavy (non-hydrogen) atoms. The van der Waals surface area contributed by atoms with Gasteiger partial charge in [-0.25, -0.2) is 0 Å². The van der Waals surface area contributed by atoms with Crippen LogP contribution < -0.4 is 10.1 Å². The Hall–Kier alpha value is -2.34. The molecule has 1 unspecified atom stereocenters. The van der Waals surface area contributed by atoms with Crippen molar-refractivity contribution in [2.45, 2.75) is 44.8 Å². The van der Waals surface area contributed by atoms with Gasteiger partial charge in [-0.1, -0.05) is 43.3 Å². The van der Waals surface area contributed by atoms with Gasteiger partial charge in [0.15, 0.2) is 0 Å². The molecular weight excluding hydrogens is 360 g/mol. The van der Waals surface area contributed by atoms with E-state index in [1.165, 1.54) is 5.56 Å². The molecule has 2 aromatic rings. The number of benzene rings is 1. The second-order valence-corrected chi connectivity index (χ2v) is 7.80. The van der Waals surface area contributed by atoms with Crippen molar-refractivity contribution in [3.05, 3.63) is 58.9 Å². The highest BCUT2D eigenvalue weighted by Gasteiger charge is 2.31. The molecule has 5 nitrogen and oxygen atoms in total. The summed E-state index contributed by atoms with van der Waals surface area (Å²) in [5.41, 5.74) is 4.46. The van der Waals surface area contributed by atoms with Gasteiger partial charge in [-0.2, -0.15) is 0 Å². The molecule has 2 amide bonds. The van der Waals surface area contributed by atoms with Gasteiger partial charge in [0.2, 0.25) is 5.91 Å². The van der Waals surface area contributed by atoms with E-state index >= 15 is 0 Å². The zero-order chi connectivity index (χ0) is 19.2. The molecule has 1 aliphatic rings. The van der Waals surface area contributed by atoms with E-state index in [0.717, 1.165) is 53.7 Å². The molecule has 1 atom stereocenters. The van der Waals surface area contributed by atoms with Crippen LogP contribution in [0.4, 0.5) is 4.79 Å². The van der Waals surface area contributed by atoms with Gasteiger partial charge in [-0.05, 0) is 49.1 Å². The third-order valence-electron chi connectivity index (χ3n) is 4.51. The van der Waals surface area contributed by atoms with Crippen LogP contribution in [0, 0.1) is 6.92 Å². The SMILES string of the molecule is CCCc1ccc(CCOc2ccc(CC3SC(=O)NC3=O)cc2)nc1C. The molecule has 3 rings (SSSR count). The van der Waals surface area contributed by atoms with Crippen LogP contribution in [-0.2, 0) is 24.1 Å². The number of aromatic nitrogens is 1. The van der Waals surface area contributed by atoms with Crippen molar-refractivity contribution in [2.75, 3.05) is 6.61 Å². The van der Waals surface area contributed by atoms with Gasteiger partial charge in [0.05, 0.1) is 11.9 Å². The van der Waals surface area contributed by atoms with Crippen LogP contribution in [0.15, 0.2) is 36.4 Å². The van der Waals surface area contributed by atoms with Crippen LogP contribution in [0.3, 0.4) is 0 Å². The summed E-state index contributed by atoms with van der Waals surface area (Å²) >= 11 is 1.05. The summed E-state index contributed by atoms with van der Waals surface area (Å²) in [6.07, 6.45) is 3.49. The number of thioether (sulfide) groups is 1. The number of hydrogen-bond acceptors (Lipinski definition) is 5. The number of ether oxygens (including phenoxy) is 1. The third-order valence-corrected chi connectivity index (χ3v) is 5.49. The number of aryl methyl sites for hydroxylation is 2. The minimum atomic E-state index is -0.339. The monoisotopic (exact) mass is 384 g/mol. The first-order valence-corrected chi connectivity index (χ1v) is 10.1. The van der Waals surface area contributed by atoms with E-state index in [4.69, 9.17) is 4.74 Å². The second kappa shape index (κ2) is 9.04. The Labute approximate surface area is 163 Å². The van der Waals surface area contributed by atoms with Crippen LogP contribution in [0.5, 0.6) is 5.75 Å². The fourth-order valence-corrected chi connectivity index (χ4v) is 3.91. The minimum Gasteiger partial charge on any atom is -0.493 e. The Kier molecular flexibility index (Phi) is 6.50. The predicted molar refractivity (Wildman–Crippen MR) is 107 cm³/mol. The topological polar surface area (TPSA) is 68.3 Å². The number of rotatable bonds is 8. The fraction of sp³-hybridized carbons (Fsp3) is 0.381. The van der Waals surface area contributed by atoms with Crippen molar-refractivity contribution >= 4 is 22.9 Å². The molecule has 142 valence electrons. The van der Waals surface area contributed by atoms with Crippen LogP contribution in [0.2, 0.25) is 0 Å². The number of carbonyl (C=O) groups excluding carboxylic acids is 2. The summed E-state index contributed by atoms with van der Waals surface area (Å²) < 4.78 is 5.81. The van der Waals surface area contributed by atoms with E-state index in [0.29, 0.717) is 13.0 Å². The minimum absolute atomic E-state index is 0.210. The number of nitrogens with one attached hydrogen (secondary N) is 1. The van der Waals surface area contributed by atoms with Gasteiger partial charge in [-0.3, -0.25) is 19.9 Å². The van der Waals surface area contributed by atoms with Gasteiger partial charge in [0.1, 0.15) is 5.75 Å². The first kappa shape index (κ1) is 19.4. The summed E-state index contributed by atoms with van der Waals surface area (Å²) in [5.74, 6) is 0.579. The lowest BCUT2D eigenvalue weighted by atomic mass is 10.1. The van der Waals surface area contributed by atoms with Crippen molar-refractivity contribution in [3.8, 4) is 5.75 Å². The highest BCUT2D eigenvalue weighted by molar-refractivity contribution is 8.15. The first-order valence-electron chi connectivity index (χ1n) is 9.23. The van der Waals surface area contributed by atoms with Crippen molar-refractivity contribution < 1.29 is 14.3 Å². The van der Waals surface area contributed by atoms with Gasteiger partial charge in [0, 0.05) is 17.8 Å². The molecule has 0 aliphatic carbocycles. The Balaban J connectivity index is 1.48. The fourth-order valence-electron chi connectivity index (χ4n) is 3.05. The lowest BCUT2D eigenvalue weighted by Crippen LogP contribution is -2.25. The van der Waals surface area contributed by atoms with Crippen molar-refractivity contribution in [1.82, 2.24) is 10.3 Å². The molecule has 1 aliphatic heterocycles. The van der Waals surface area contributed by atoms with Crippen molar-refractivity contribution in [3.63, 3.8) is 0 Å². The van der Waals surface area contributed by atoms with Crippen LogP contribution in [-0.4, -0.2) is 28.0 Å². The zero-order valence-corrected chi connectivity index (χ0v) is 16.5. The summed E-state index contributed by atoms with van der Waals surface area (Å²) in [6.45, 7) is 4.80. The van der Waals surface area contributed by atoms with Gasteiger partial charge >= 0.3 is 0 Å². The first-order chi connectivity index (χ1) is 13.0. The largest absolute Gasteiger partial charge is 0.493 e.